The molecule has 0 saturated heterocycles. The summed E-state index contributed by atoms with van der Waals surface area (Å²) in [6.07, 6.45) is 0. The van der Waals surface area contributed by atoms with Crippen molar-refractivity contribution in [2.75, 3.05) is 5.73 Å². The van der Waals surface area contributed by atoms with E-state index >= 15 is 0 Å². The molecule has 1 aromatic heterocycles. The van der Waals surface area contributed by atoms with E-state index in [1.54, 1.807) is 12.1 Å². The van der Waals surface area contributed by atoms with E-state index in [1.807, 2.05) is 6.92 Å². The van der Waals surface area contributed by atoms with Crippen LogP contribution in [0.2, 0.25) is 5.02 Å². The average Bonchev–Trinajstić information content (AvgIpc) is 2.46. The van der Waals surface area contributed by atoms with E-state index in [2.05, 4.69) is 4.98 Å². The van der Waals surface area contributed by atoms with E-state index in [-0.39, 0.29) is 5.82 Å². The first kappa shape index (κ1) is 10.4. The molecule has 2 rings (SSSR count). The van der Waals surface area contributed by atoms with Gasteiger partial charge in [-0.15, -0.1) is 11.3 Å². The SMILES string of the molecule is Cc1sc(-c2ccc(Cl)cc2F)nc1N. The molecule has 0 spiro atoms. The number of hydrogen-bond donors (Lipinski definition) is 1. The Morgan fingerprint density at radius 3 is 2.73 bits per heavy atom. The number of hydrogen-bond acceptors (Lipinski definition) is 3. The molecule has 0 saturated carbocycles. The van der Waals surface area contributed by atoms with Gasteiger partial charge in [-0.1, -0.05) is 11.6 Å². The summed E-state index contributed by atoms with van der Waals surface area (Å²) in [5.41, 5.74) is 6.04. The summed E-state index contributed by atoms with van der Waals surface area (Å²) < 4.78 is 13.5. The smallest absolute Gasteiger partial charge is 0.138 e. The topological polar surface area (TPSA) is 38.9 Å². The lowest BCUT2D eigenvalue weighted by Crippen LogP contribution is -1.87. The Labute approximate surface area is 95.5 Å². The predicted octanol–water partition coefficient (Wildman–Crippen LogP) is 3.49. The molecule has 0 aliphatic carbocycles. The van der Waals surface area contributed by atoms with Crippen LogP contribution in [0.4, 0.5) is 10.2 Å². The summed E-state index contributed by atoms with van der Waals surface area (Å²) in [5.74, 6) is 0.0700. The number of nitrogens with two attached hydrogens (primary N) is 1. The maximum Gasteiger partial charge on any atom is 0.138 e. The summed E-state index contributed by atoms with van der Waals surface area (Å²) in [4.78, 5) is 4.97. The van der Waals surface area contributed by atoms with Gasteiger partial charge in [-0.05, 0) is 25.1 Å². The molecule has 0 unspecified atom stereocenters. The van der Waals surface area contributed by atoms with Gasteiger partial charge in [0, 0.05) is 15.5 Å². The Morgan fingerprint density at radius 2 is 2.20 bits per heavy atom. The second kappa shape index (κ2) is 3.79. The van der Waals surface area contributed by atoms with Crippen molar-refractivity contribution in [3.8, 4) is 10.6 Å². The van der Waals surface area contributed by atoms with Crippen LogP contribution in [0.3, 0.4) is 0 Å². The van der Waals surface area contributed by atoms with Crippen LogP contribution in [0.5, 0.6) is 0 Å². The molecule has 0 fully saturated rings. The number of benzene rings is 1. The van der Waals surface area contributed by atoms with Crippen LogP contribution in [-0.2, 0) is 0 Å². The first-order valence-corrected chi connectivity index (χ1v) is 5.45. The first-order chi connectivity index (χ1) is 7.08. The highest BCUT2D eigenvalue weighted by atomic mass is 35.5. The lowest BCUT2D eigenvalue weighted by atomic mass is 10.2. The van der Waals surface area contributed by atoms with E-state index in [9.17, 15) is 4.39 Å². The maximum absolute atomic E-state index is 13.5. The van der Waals surface area contributed by atoms with E-state index in [4.69, 9.17) is 17.3 Å². The summed E-state index contributed by atoms with van der Waals surface area (Å²) in [5, 5.41) is 0.955. The second-order valence-electron chi connectivity index (χ2n) is 3.08. The van der Waals surface area contributed by atoms with Crippen molar-refractivity contribution in [3.63, 3.8) is 0 Å². The Balaban J connectivity index is 2.54. The molecule has 15 heavy (non-hydrogen) atoms. The molecular weight excluding hydrogens is 235 g/mol. The van der Waals surface area contributed by atoms with Gasteiger partial charge >= 0.3 is 0 Å². The fourth-order valence-corrected chi connectivity index (χ4v) is 2.20. The maximum atomic E-state index is 13.5. The van der Waals surface area contributed by atoms with Gasteiger partial charge in [-0.3, -0.25) is 0 Å². The molecule has 0 bridgehead atoms. The Kier molecular flexibility index (Phi) is 2.63. The number of nitrogens with zero attached hydrogens (tertiary/aromatic N) is 1. The van der Waals surface area contributed by atoms with Gasteiger partial charge in [0.05, 0.1) is 0 Å². The summed E-state index contributed by atoms with van der Waals surface area (Å²) in [6.45, 7) is 1.85. The van der Waals surface area contributed by atoms with Crippen LogP contribution >= 0.6 is 22.9 Å². The molecule has 0 atom stereocenters. The average molecular weight is 243 g/mol. The van der Waals surface area contributed by atoms with Crippen molar-refractivity contribution in [1.82, 2.24) is 4.98 Å². The quantitative estimate of drug-likeness (QED) is 0.831. The van der Waals surface area contributed by atoms with Crippen LogP contribution in [0.25, 0.3) is 10.6 Å². The molecule has 2 N–H and O–H groups in total. The van der Waals surface area contributed by atoms with E-state index < -0.39 is 0 Å². The Bertz CT molecular complexity index is 491. The van der Waals surface area contributed by atoms with Gasteiger partial charge in [0.15, 0.2) is 0 Å². The van der Waals surface area contributed by atoms with Crippen LogP contribution in [0, 0.1) is 12.7 Å². The molecule has 0 radical (unpaired) electrons. The molecule has 1 heterocycles. The Hall–Kier alpha value is -1.13. The number of aromatic nitrogens is 1. The molecule has 0 aliphatic rings. The highest BCUT2D eigenvalue weighted by molar-refractivity contribution is 7.15. The van der Waals surface area contributed by atoms with E-state index in [0.717, 1.165) is 4.88 Å². The van der Waals surface area contributed by atoms with Crippen LogP contribution in [-0.4, -0.2) is 4.98 Å². The minimum Gasteiger partial charge on any atom is -0.383 e. The zero-order chi connectivity index (χ0) is 11.0. The van der Waals surface area contributed by atoms with Crippen LogP contribution < -0.4 is 5.73 Å². The molecule has 2 nitrogen and oxygen atoms in total. The van der Waals surface area contributed by atoms with E-state index in [1.165, 1.54) is 17.4 Å². The third-order valence-corrected chi connectivity index (χ3v) is 3.25. The zero-order valence-electron chi connectivity index (χ0n) is 7.92. The Morgan fingerprint density at radius 1 is 1.47 bits per heavy atom. The monoisotopic (exact) mass is 242 g/mol. The molecule has 5 heteroatoms. The van der Waals surface area contributed by atoms with Gasteiger partial charge in [-0.25, -0.2) is 9.37 Å². The first-order valence-electron chi connectivity index (χ1n) is 4.26. The summed E-state index contributed by atoms with van der Waals surface area (Å²) >= 11 is 7.03. The molecule has 0 amide bonds. The van der Waals surface area contributed by atoms with Gasteiger partial charge in [0.2, 0.25) is 0 Å². The summed E-state index contributed by atoms with van der Waals surface area (Å²) in [7, 11) is 0. The second-order valence-corrected chi connectivity index (χ2v) is 4.72. The number of anilines is 1. The van der Waals surface area contributed by atoms with Crippen molar-refractivity contribution >= 4 is 28.8 Å². The third kappa shape index (κ3) is 1.96. The van der Waals surface area contributed by atoms with Crippen LogP contribution in [0.1, 0.15) is 4.88 Å². The van der Waals surface area contributed by atoms with Crippen LogP contribution in [0.15, 0.2) is 18.2 Å². The molecule has 78 valence electrons. The highest BCUT2D eigenvalue weighted by Crippen LogP contribution is 2.31. The highest BCUT2D eigenvalue weighted by Gasteiger charge is 2.11. The van der Waals surface area contributed by atoms with Crippen molar-refractivity contribution in [3.05, 3.63) is 33.9 Å². The fraction of sp³-hybridized carbons (Fsp3) is 0.100. The van der Waals surface area contributed by atoms with Gasteiger partial charge < -0.3 is 5.73 Å². The number of thiazole rings is 1. The normalized spacial score (nSPS) is 10.6. The molecule has 2 aromatic rings. The molecule has 0 aliphatic heterocycles. The minimum atomic E-state index is -0.378. The number of rotatable bonds is 1. The fourth-order valence-electron chi connectivity index (χ4n) is 1.19. The lowest BCUT2D eigenvalue weighted by molar-refractivity contribution is 0.631. The number of aryl methyl sites for hydroxylation is 1. The van der Waals surface area contributed by atoms with Gasteiger partial charge in [-0.2, -0.15) is 0 Å². The number of nitrogen functional groups attached to an aromatic ring is 1. The van der Waals surface area contributed by atoms with Crippen molar-refractivity contribution in [1.29, 1.82) is 0 Å². The summed E-state index contributed by atoms with van der Waals surface area (Å²) in [6, 6.07) is 4.51. The van der Waals surface area contributed by atoms with E-state index in [0.29, 0.717) is 21.4 Å². The standard InChI is InChI=1S/C10H8ClFN2S/c1-5-9(13)14-10(15-5)7-3-2-6(11)4-8(7)12/h2-4H,13H2,1H3. The van der Waals surface area contributed by atoms with Gasteiger partial charge in [0.1, 0.15) is 16.6 Å². The predicted molar refractivity (Wildman–Crippen MR) is 61.7 cm³/mol. The third-order valence-electron chi connectivity index (χ3n) is 1.99. The molecule has 1 aromatic carbocycles. The van der Waals surface area contributed by atoms with Gasteiger partial charge in [0.25, 0.3) is 0 Å². The zero-order valence-corrected chi connectivity index (χ0v) is 9.49. The van der Waals surface area contributed by atoms with Crippen molar-refractivity contribution in [2.24, 2.45) is 0 Å². The lowest BCUT2D eigenvalue weighted by Gasteiger charge is -1.98. The largest absolute Gasteiger partial charge is 0.383 e. The minimum absolute atomic E-state index is 0.373. The van der Waals surface area contributed by atoms with Crippen molar-refractivity contribution < 1.29 is 4.39 Å². The van der Waals surface area contributed by atoms with Crippen molar-refractivity contribution in [2.45, 2.75) is 6.92 Å². The number of halogens is 2. The molecular formula is C10H8ClFN2S.